The zero-order valence-electron chi connectivity index (χ0n) is 8.80. The van der Waals surface area contributed by atoms with E-state index in [9.17, 15) is 4.79 Å². The number of alkyl halides is 1. The Balaban J connectivity index is 2.36. The lowest BCUT2D eigenvalue weighted by molar-refractivity contribution is 0.0806. The Hall–Kier alpha value is -1.43. The molecule has 2 rings (SSSR count). The van der Waals surface area contributed by atoms with Crippen LogP contribution < -0.4 is 0 Å². The molecule has 2 heterocycles. The highest BCUT2D eigenvalue weighted by molar-refractivity contribution is 9.09. The average molecular weight is 283 g/mol. The fourth-order valence-corrected chi connectivity index (χ4v) is 1.97. The molecule has 0 saturated heterocycles. The van der Waals surface area contributed by atoms with Crippen molar-refractivity contribution in [3.05, 3.63) is 30.4 Å². The van der Waals surface area contributed by atoms with E-state index < -0.39 is 0 Å². The average Bonchev–Trinajstić information content (AvgIpc) is 2.72. The number of hydrogen-bond donors (Lipinski definition) is 0. The Labute approximate surface area is 101 Å². The number of nitrogens with zero attached hydrogens (tertiary/aromatic N) is 4. The fourth-order valence-electron chi connectivity index (χ4n) is 1.43. The van der Waals surface area contributed by atoms with Crippen molar-refractivity contribution < 1.29 is 4.79 Å². The van der Waals surface area contributed by atoms with Gasteiger partial charge in [-0.1, -0.05) is 15.9 Å². The summed E-state index contributed by atoms with van der Waals surface area (Å²) in [4.78, 5) is 17.7. The predicted octanol–water partition coefficient (Wildman–Crippen LogP) is 1.20. The molecule has 0 atom stereocenters. The van der Waals surface area contributed by atoms with E-state index in [0.717, 1.165) is 10.8 Å². The third-order valence-corrected chi connectivity index (χ3v) is 2.68. The van der Waals surface area contributed by atoms with Crippen molar-refractivity contribution in [2.45, 2.75) is 0 Å². The molecule has 0 aliphatic heterocycles. The van der Waals surface area contributed by atoms with Crippen LogP contribution in [-0.4, -0.2) is 44.3 Å². The Morgan fingerprint density at radius 3 is 3.12 bits per heavy atom. The molecule has 0 aliphatic rings. The van der Waals surface area contributed by atoms with Crippen LogP contribution >= 0.6 is 15.9 Å². The van der Waals surface area contributed by atoms with Gasteiger partial charge >= 0.3 is 0 Å². The highest BCUT2D eigenvalue weighted by Crippen LogP contribution is 2.10. The van der Waals surface area contributed by atoms with Crippen LogP contribution in [0.4, 0.5) is 0 Å². The minimum Gasteiger partial charge on any atom is -0.341 e. The molecule has 0 N–H and O–H groups in total. The first-order chi connectivity index (χ1) is 7.74. The third-order valence-electron chi connectivity index (χ3n) is 2.32. The van der Waals surface area contributed by atoms with E-state index in [-0.39, 0.29) is 5.91 Å². The van der Waals surface area contributed by atoms with E-state index >= 15 is 0 Å². The van der Waals surface area contributed by atoms with Crippen LogP contribution in [0, 0.1) is 0 Å². The third kappa shape index (κ3) is 1.92. The smallest absolute Gasteiger partial charge is 0.257 e. The second-order valence-electron chi connectivity index (χ2n) is 3.38. The van der Waals surface area contributed by atoms with E-state index in [1.54, 1.807) is 41.3 Å². The van der Waals surface area contributed by atoms with Gasteiger partial charge in [-0.15, -0.1) is 0 Å². The number of halogens is 1. The number of rotatable bonds is 3. The first kappa shape index (κ1) is 11.1. The van der Waals surface area contributed by atoms with Crippen molar-refractivity contribution in [2.24, 2.45) is 0 Å². The van der Waals surface area contributed by atoms with Gasteiger partial charge in [-0.25, -0.2) is 4.52 Å². The Morgan fingerprint density at radius 1 is 1.56 bits per heavy atom. The molecule has 6 heteroatoms. The van der Waals surface area contributed by atoms with Gasteiger partial charge in [-0.2, -0.15) is 5.10 Å². The van der Waals surface area contributed by atoms with Crippen molar-refractivity contribution in [1.82, 2.24) is 19.5 Å². The SMILES string of the molecule is CN(CCBr)C(=O)c1cnn2ccncc12. The van der Waals surface area contributed by atoms with Crippen LogP contribution in [0.2, 0.25) is 0 Å². The summed E-state index contributed by atoms with van der Waals surface area (Å²) in [6, 6.07) is 0. The highest BCUT2D eigenvalue weighted by Gasteiger charge is 2.16. The number of hydrogen-bond acceptors (Lipinski definition) is 3. The highest BCUT2D eigenvalue weighted by atomic mass is 79.9. The van der Waals surface area contributed by atoms with Crippen LogP contribution in [0.25, 0.3) is 5.52 Å². The van der Waals surface area contributed by atoms with Crippen LogP contribution in [0.15, 0.2) is 24.8 Å². The van der Waals surface area contributed by atoms with Crippen LogP contribution in [0.3, 0.4) is 0 Å². The molecule has 0 saturated carbocycles. The van der Waals surface area contributed by atoms with Crippen LogP contribution in [0.5, 0.6) is 0 Å². The second-order valence-corrected chi connectivity index (χ2v) is 4.17. The maximum Gasteiger partial charge on any atom is 0.257 e. The number of amides is 1. The molecular formula is C10H11BrN4O. The molecule has 0 spiro atoms. The van der Waals surface area contributed by atoms with Gasteiger partial charge in [0.15, 0.2) is 0 Å². The Kier molecular flexibility index (Phi) is 3.19. The lowest BCUT2D eigenvalue weighted by Crippen LogP contribution is -2.28. The summed E-state index contributed by atoms with van der Waals surface area (Å²) in [5.74, 6) is -0.0394. The maximum absolute atomic E-state index is 12.0. The normalized spacial score (nSPS) is 10.6. The topological polar surface area (TPSA) is 50.5 Å². The summed E-state index contributed by atoms with van der Waals surface area (Å²) in [6.07, 6.45) is 6.57. The molecule has 0 unspecified atom stereocenters. The summed E-state index contributed by atoms with van der Waals surface area (Å²) in [7, 11) is 1.77. The van der Waals surface area contributed by atoms with Gasteiger partial charge in [-0.05, 0) is 0 Å². The van der Waals surface area contributed by atoms with Crippen molar-refractivity contribution in [1.29, 1.82) is 0 Å². The van der Waals surface area contributed by atoms with E-state index in [1.807, 2.05) is 0 Å². The van der Waals surface area contributed by atoms with Crippen LogP contribution in [0.1, 0.15) is 10.4 Å². The standard InChI is InChI=1S/C10H11BrN4O/c1-14(4-2-11)10(16)8-6-13-15-5-3-12-7-9(8)15/h3,5-7H,2,4H2,1H3. The minimum atomic E-state index is -0.0394. The molecular weight excluding hydrogens is 272 g/mol. The zero-order valence-corrected chi connectivity index (χ0v) is 10.4. The minimum absolute atomic E-state index is 0.0394. The molecule has 2 aromatic rings. The molecule has 16 heavy (non-hydrogen) atoms. The summed E-state index contributed by atoms with van der Waals surface area (Å²) in [6.45, 7) is 0.663. The van der Waals surface area contributed by atoms with Gasteiger partial charge in [0.1, 0.15) is 0 Å². The van der Waals surface area contributed by atoms with Gasteiger partial charge in [0, 0.05) is 31.3 Å². The van der Waals surface area contributed by atoms with E-state index in [4.69, 9.17) is 0 Å². The largest absolute Gasteiger partial charge is 0.341 e. The van der Waals surface area contributed by atoms with Gasteiger partial charge in [0.05, 0.1) is 23.5 Å². The lowest BCUT2D eigenvalue weighted by Gasteiger charge is -2.14. The Bertz CT molecular complexity index is 510. The van der Waals surface area contributed by atoms with E-state index in [2.05, 4.69) is 26.0 Å². The van der Waals surface area contributed by atoms with Gasteiger partial charge in [0.25, 0.3) is 5.91 Å². The lowest BCUT2D eigenvalue weighted by atomic mass is 10.2. The summed E-state index contributed by atoms with van der Waals surface area (Å²) < 4.78 is 1.64. The molecule has 5 nitrogen and oxygen atoms in total. The first-order valence-corrected chi connectivity index (χ1v) is 5.95. The van der Waals surface area contributed by atoms with E-state index in [1.165, 1.54) is 0 Å². The van der Waals surface area contributed by atoms with Crippen molar-refractivity contribution in [3.8, 4) is 0 Å². The Morgan fingerprint density at radius 2 is 2.38 bits per heavy atom. The zero-order chi connectivity index (χ0) is 11.5. The summed E-state index contributed by atoms with van der Waals surface area (Å²) in [5, 5.41) is 4.86. The molecule has 0 radical (unpaired) electrons. The maximum atomic E-state index is 12.0. The number of fused-ring (bicyclic) bond motifs is 1. The second kappa shape index (κ2) is 4.61. The van der Waals surface area contributed by atoms with Gasteiger partial charge in [-0.3, -0.25) is 9.78 Å². The van der Waals surface area contributed by atoms with Crippen LogP contribution in [-0.2, 0) is 0 Å². The predicted molar refractivity (Wildman–Crippen MR) is 63.7 cm³/mol. The molecule has 0 aliphatic carbocycles. The molecule has 0 aromatic carbocycles. The molecule has 1 amide bonds. The van der Waals surface area contributed by atoms with Gasteiger partial charge in [0.2, 0.25) is 0 Å². The van der Waals surface area contributed by atoms with Crippen molar-refractivity contribution in [2.75, 3.05) is 18.9 Å². The van der Waals surface area contributed by atoms with Crippen molar-refractivity contribution in [3.63, 3.8) is 0 Å². The quantitative estimate of drug-likeness (QED) is 0.795. The molecule has 0 bridgehead atoms. The van der Waals surface area contributed by atoms with Crippen molar-refractivity contribution >= 4 is 27.4 Å². The fraction of sp³-hybridized carbons (Fsp3) is 0.300. The summed E-state index contributed by atoms with van der Waals surface area (Å²) >= 11 is 3.30. The summed E-state index contributed by atoms with van der Waals surface area (Å²) in [5.41, 5.74) is 1.31. The molecule has 0 fully saturated rings. The number of carbonyl (C=O) groups excluding carboxylic acids is 1. The number of aromatic nitrogens is 3. The molecule has 2 aromatic heterocycles. The van der Waals surface area contributed by atoms with E-state index in [0.29, 0.717) is 12.1 Å². The first-order valence-electron chi connectivity index (χ1n) is 4.83. The van der Waals surface area contributed by atoms with Gasteiger partial charge < -0.3 is 4.90 Å². The number of carbonyl (C=O) groups is 1. The monoisotopic (exact) mass is 282 g/mol. The molecule has 84 valence electrons.